The van der Waals surface area contributed by atoms with Gasteiger partial charge in [0.1, 0.15) is 0 Å². The standard InChI is InChI=1S/C18H11ClF3N3O3/c19-14-8-10(18(20,21)22)4-5-13(14)16(26)23-11-2-1-3-12(9-11)25-7-6-15(24-25)17(27)28/h1-9H,(H,23,26)(H,27,28). The average Bonchev–Trinajstić information content (AvgIpc) is 3.11. The Morgan fingerprint density at radius 2 is 1.86 bits per heavy atom. The molecular weight excluding hydrogens is 399 g/mol. The van der Waals surface area contributed by atoms with Crippen LogP contribution in [0.4, 0.5) is 18.9 Å². The quantitative estimate of drug-likeness (QED) is 0.664. The number of halogens is 4. The highest BCUT2D eigenvalue weighted by atomic mass is 35.5. The summed E-state index contributed by atoms with van der Waals surface area (Å²) in [6.07, 6.45) is -3.12. The summed E-state index contributed by atoms with van der Waals surface area (Å²) in [6.45, 7) is 0. The first-order chi connectivity index (χ1) is 13.1. The summed E-state index contributed by atoms with van der Waals surface area (Å²) in [5.74, 6) is -1.87. The smallest absolute Gasteiger partial charge is 0.416 e. The molecule has 0 radical (unpaired) electrons. The van der Waals surface area contributed by atoms with E-state index in [0.29, 0.717) is 17.4 Å². The summed E-state index contributed by atoms with van der Waals surface area (Å²) >= 11 is 5.83. The van der Waals surface area contributed by atoms with Crippen molar-refractivity contribution in [3.63, 3.8) is 0 Å². The molecule has 0 atom stereocenters. The van der Waals surface area contributed by atoms with Crippen LogP contribution in [-0.4, -0.2) is 26.8 Å². The molecule has 3 aromatic rings. The Kier molecular flexibility index (Phi) is 5.10. The summed E-state index contributed by atoms with van der Waals surface area (Å²) in [7, 11) is 0. The second-order valence-corrected chi connectivity index (χ2v) is 6.05. The molecule has 2 N–H and O–H groups in total. The van der Waals surface area contributed by atoms with Gasteiger partial charge in [-0.3, -0.25) is 4.79 Å². The topological polar surface area (TPSA) is 84.2 Å². The molecule has 1 aromatic heterocycles. The minimum atomic E-state index is -4.56. The van der Waals surface area contributed by atoms with Crippen LogP contribution in [0.25, 0.3) is 5.69 Å². The van der Waals surface area contributed by atoms with E-state index in [0.717, 1.165) is 12.1 Å². The fourth-order valence-corrected chi connectivity index (χ4v) is 2.65. The van der Waals surface area contributed by atoms with Crippen molar-refractivity contribution in [2.24, 2.45) is 0 Å². The molecular formula is C18H11ClF3N3O3. The van der Waals surface area contributed by atoms with E-state index in [1.807, 2.05) is 0 Å². The van der Waals surface area contributed by atoms with Gasteiger partial charge < -0.3 is 10.4 Å². The van der Waals surface area contributed by atoms with E-state index < -0.39 is 23.6 Å². The Labute approximate surface area is 161 Å². The minimum Gasteiger partial charge on any atom is -0.476 e. The Balaban J connectivity index is 1.82. The summed E-state index contributed by atoms with van der Waals surface area (Å²) in [5.41, 5.74) is -0.420. The zero-order chi connectivity index (χ0) is 20.5. The molecule has 0 bridgehead atoms. The highest BCUT2D eigenvalue weighted by molar-refractivity contribution is 6.34. The van der Waals surface area contributed by atoms with Crippen molar-refractivity contribution in [1.29, 1.82) is 0 Å². The van der Waals surface area contributed by atoms with E-state index in [1.165, 1.54) is 23.0 Å². The zero-order valence-electron chi connectivity index (χ0n) is 13.9. The lowest BCUT2D eigenvalue weighted by molar-refractivity contribution is -0.137. The van der Waals surface area contributed by atoms with Crippen LogP contribution in [0, 0.1) is 0 Å². The van der Waals surface area contributed by atoms with Crippen LogP contribution in [0.15, 0.2) is 54.7 Å². The van der Waals surface area contributed by atoms with Crippen molar-refractivity contribution in [3.05, 3.63) is 76.6 Å². The maximum Gasteiger partial charge on any atom is 0.416 e. The number of carboxylic acid groups (broad SMARTS) is 1. The number of anilines is 1. The summed E-state index contributed by atoms with van der Waals surface area (Å²) in [4.78, 5) is 23.3. The number of rotatable bonds is 4. The van der Waals surface area contributed by atoms with Crippen LogP contribution < -0.4 is 5.32 Å². The van der Waals surface area contributed by atoms with E-state index in [1.54, 1.807) is 18.2 Å². The monoisotopic (exact) mass is 409 g/mol. The van der Waals surface area contributed by atoms with Gasteiger partial charge in [0.05, 0.1) is 21.8 Å². The van der Waals surface area contributed by atoms with Gasteiger partial charge in [0, 0.05) is 11.9 Å². The number of hydrogen-bond donors (Lipinski definition) is 2. The molecule has 1 heterocycles. The van der Waals surface area contributed by atoms with Crippen molar-refractivity contribution >= 4 is 29.2 Å². The van der Waals surface area contributed by atoms with Crippen molar-refractivity contribution in [2.75, 3.05) is 5.32 Å². The Morgan fingerprint density at radius 1 is 1.11 bits per heavy atom. The number of nitrogens with zero attached hydrogens (tertiary/aromatic N) is 2. The van der Waals surface area contributed by atoms with Crippen LogP contribution >= 0.6 is 11.6 Å². The fourth-order valence-electron chi connectivity index (χ4n) is 2.38. The summed E-state index contributed by atoms with van der Waals surface area (Å²) < 4.78 is 39.4. The van der Waals surface area contributed by atoms with Gasteiger partial charge in [-0.2, -0.15) is 18.3 Å². The van der Waals surface area contributed by atoms with E-state index in [-0.39, 0.29) is 16.3 Å². The molecule has 0 aliphatic rings. The van der Waals surface area contributed by atoms with Gasteiger partial charge >= 0.3 is 12.1 Å². The lowest BCUT2D eigenvalue weighted by atomic mass is 10.1. The Bertz CT molecular complexity index is 1060. The van der Waals surface area contributed by atoms with E-state index >= 15 is 0 Å². The van der Waals surface area contributed by atoms with Crippen LogP contribution in [0.1, 0.15) is 26.4 Å². The van der Waals surface area contributed by atoms with Gasteiger partial charge in [-0.15, -0.1) is 0 Å². The largest absolute Gasteiger partial charge is 0.476 e. The molecule has 1 amide bonds. The SMILES string of the molecule is O=C(O)c1ccn(-c2cccc(NC(=O)c3ccc(C(F)(F)F)cc3Cl)c2)n1. The number of nitrogens with one attached hydrogen (secondary N) is 1. The fraction of sp³-hybridized carbons (Fsp3) is 0.0556. The number of aromatic nitrogens is 2. The molecule has 0 saturated heterocycles. The number of alkyl halides is 3. The first-order valence-electron chi connectivity index (χ1n) is 7.72. The van der Waals surface area contributed by atoms with Gasteiger partial charge in [0.15, 0.2) is 5.69 Å². The van der Waals surface area contributed by atoms with Crippen molar-refractivity contribution < 1.29 is 27.9 Å². The van der Waals surface area contributed by atoms with Crippen molar-refractivity contribution in [2.45, 2.75) is 6.18 Å². The van der Waals surface area contributed by atoms with Crippen molar-refractivity contribution in [3.8, 4) is 5.69 Å². The maximum atomic E-state index is 12.7. The molecule has 6 nitrogen and oxygen atoms in total. The van der Waals surface area contributed by atoms with Gasteiger partial charge in [0.25, 0.3) is 5.91 Å². The lowest BCUT2D eigenvalue weighted by Crippen LogP contribution is -2.14. The highest BCUT2D eigenvalue weighted by Gasteiger charge is 2.31. The summed E-state index contributed by atoms with van der Waals surface area (Å²) in [5, 5.41) is 15.0. The molecule has 2 aromatic carbocycles. The lowest BCUT2D eigenvalue weighted by Gasteiger charge is -2.11. The number of carbonyl (C=O) groups is 2. The van der Waals surface area contributed by atoms with E-state index in [9.17, 15) is 22.8 Å². The number of hydrogen-bond acceptors (Lipinski definition) is 3. The number of benzene rings is 2. The predicted molar refractivity (Wildman–Crippen MR) is 94.9 cm³/mol. The first kappa shape index (κ1) is 19.4. The first-order valence-corrected chi connectivity index (χ1v) is 8.10. The molecule has 144 valence electrons. The number of carbonyl (C=O) groups excluding carboxylic acids is 1. The molecule has 3 rings (SSSR count). The normalized spacial score (nSPS) is 11.3. The van der Waals surface area contributed by atoms with Crippen LogP contribution in [0.3, 0.4) is 0 Å². The maximum absolute atomic E-state index is 12.7. The van der Waals surface area contributed by atoms with Gasteiger partial charge in [-0.05, 0) is 42.5 Å². The second kappa shape index (κ2) is 7.35. The third kappa shape index (κ3) is 4.15. The molecule has 0 aliphatic heterocycles. The molecule has 10 heteroatoms. The molecule has 0 aliphatic carbocycles. The third-order valence-corrected chi connectivity index (χ3v) is 4.03. The Morgan fingerprint density at radius 3 is 2.46 bits per heavy atom. The molecule has 0 spiro atoms. The van der Waals surface area contributed by atoms with E-state index in [2.05, 4.69) is 10.4 Å². The predicted octanol–water partition coefficient (Wildman–Crippen LogP) is 4.50. The number of carboxylic acids is 1. The van der Waals surface area contributed by atoms with Crippen LogP contribution in [-0.2, 0) is 6.18 Å². The summed E-state index contributed by atoms with van der Waals surface area (Å²) in [6, 6.07) is 10.1. The van der Waals surface area contributed by atoms with Gasteiger partial charge in [-0.25, -0.2) is 9.48 Å². The van der Waals surface area contributed by atoms with Gasteiger partial charge in [0.2, 0.25) is 0 Å². The van der Waals surface area contributed by atoms with Crippen LogP contribution in [0.5, 0.6) is 0 Å². The third-order valence-electron chi connectivity index (χ3n) is 3.72. The zero-order valence-corrected chi connectivity index (χ0v) is 14.6. The highest BCUT2D eigenvalue weighted by Crippen LogP contribution is 2.32. The Hall–Kier alpha value is -3.33. The number of aromatic carboxylic acids is 1. The number of amides is 1. The molecule has 28 heavy (non-hydrogen) atoms. The molecule has 0 saturated carbocycles. The molecule has 0 fully saturated rings. The minimum absolute atomic E-state index is 0.118. The second-order valence-electron chi connectivity index (χ2n) is 5.65. The average molecular weight is 410 g/mol. The van der Waals surface area contributed by atoms with E-state index in [4.69, 9.17) is 16.7 Å². The van der Waals surface area contributed by atoms with Crippen molar-refractivity contribution in [1.82, 2.24) is 9.78 Å². The molecule has 0 unspecified atom stereocenters. The van der Waals surface area contributed by atoms with Gasteiger partial charge in [-0.1, -0.05) is 17.7 Å². The van der Waals surface area contributed by atoms with Crippen LogP contribution in [0.2, 0.25) is 5.02 Å².